The van der Waals surface area contributed by atoms with Gasteiger partial charge in [0.15, 0.2) is 6.10 Å². The second kappa shape index (κ2) is 10.8. The molecule has 156 valence electrons. The minimum absolute atomic E-state index is 0.328. The van der Waals surface area contributed by atoms with Crippen LogP contribution in [0, 0.1) is 0 Å². The first-order chi connectivity index (χ1) is 14.5. The van der Waals surface area contributed by atoms with Crippen LogP contribution < -0.4 is 19.5 Å². The predicted octanol–water partition coefficient (Wildman–Crippen LogP) is 5.86. The van der Waals surface area contributed by atoms with Crippen LogP contribution in [0.4, 0.5) is 5.69 Å². The Hall–Kier alpha value is -2.89. The van der Waals surface area contributed by atoms with Crippen LogP contribution in [0.15, 0.2) is 72.8 Å². The van der Waals surface area contributed by atoms with Crippen molar-refractivity contribution >= 4 is 34.8 Å². The summed E-state index contributed by atoms with van der Waals surface area (Å²) in [7, 11) is 0. The summed E-state index contributed by atoms with van der Waals surface area (Å²) in [6, 6.07) is 21.5. The van der Waals surface area contributed by atoms with Gasteiger partial charge in [-0.3, -0.25) is 4.79 Å². The van der Waals surface area contributed by atoms with E-state index < -0.39 is 6.10 Å². The molecule has 7 heteroatoms. The first-order valence-electron chi connectivity index (χ1n) is 9.35. The summed E-state index contributed by atoms with van der Waals surface area (Å²) in [5, 5.41) is 3.65. The van der Waals surface area contributed by atoms with Crippen LogP contribution >= 0.6 is 23.2 Å². The summed E-state index contributed by atoms with van der Waals surface area (Å²) in [6.07, 6.45) is -0.779. The molecular weight excluding hydrogens is 425 g/mol. The highest BCUT2D eigenvalue weighted by Crippen LogP contribution is 2.29. The molecule has 1 amide bonds. The van der Waals surface area contributed by atoms with Crippen LogP contribution in [0.25, 0.3) is 0 Å². The average molecular weight is 446 g/mol. The zero-order chi connectivity index (χ0) is 21.3. The Morgan fingerprint density at radius 3 is 2.37 bits per heavy atom. The average Bonchev–Trinajstić information content (AvgIpc) is 2.75. The van der Waals surface area contributed by atoms with E-state index in [1.54, 1.807) is 37.3 Å². The molecule has 30 heavy (non-hydrogen) atoms. The number of benzene rings is 3. The van der Waals surface area contributed by atoms with Crippen molar-refractivity contribution in [3.63, 3.8) is 0 Å². The molecule has 3 rings (SSSR count). The van der Waals surface area contributed by atoms with Crippen LogP contribution in [-0.4, -0.2) is 25.2 Å². The normalized spacial score (nSPS) is 11.4. The molecule has 0 spiro atoms. The molecule has 0 saturated carbocycles. The van der Waals surface area contributed by atoms with Crippen molar-refractivity contribution in [1.29, 1.82) is 0 Å². The van der Waals surface area contributed by atoms with E-state index >= 15 is 0 Å². The van der Waals surface area contributed by atoms with Crippen LogP contribution in [0.2, 0.25) is 10.0 Å². The van der Waals surface area contributed by atoms with Gasteiger partial charge in [0.1, 0.15) is 30.5 Å². The molecule has 1 atom stereocenters. The molecule has 1 N–H and O–H groups in total. The lowest BCUT2D eigenvalue weighted by Gasteiger charge is -2.17. The number of carbonyl (C=O) groups excluding carboxylic acids is 1. The van der Waals surface area contributed by atoms with E-state index in [0.717, 1.165) is 5.75 Å². The van der Waals surface area contributed by atoms with Crippen molar-refractivity contribution in [3.05, 3.63) is 82.8 Å². The monoisotopic (exact) mass is 445 g/mol. The number of anilines is 1. The highest BCUT2D eigenvalue weighted by Gasteiger charge is 2.18. The quantitative estimate of drug-likeness (QED) is 0.419. The summed E-state index contributed by atoms with van der Waals surface area (Å²) in [4.78, 5) is 12.6. The van der Waals surface area contributed by atoms with Gasteiger partial charge in [-0.05, 0) is 49.4 Å². The standard InChI is InChI=1S/C23H21Cl2NO4/c1-16(30-21-12-11-17(24)15-19(21)25)23(27)26-20-9-5-6-10-22(20)29-14-13-28-18-7-3-2-4-8-18/h2-12,15-16H,13-14H2,1H3,(H,26,27). The first-order valence-corrected chi connectivity index (χ1v) is 10.1. The predicted molar refractivity (Wildman–Crippen MR) is 119 cm³/mol. The number of carbonyl (C=O) groups is 1. The molecule has 0 fully saturated rings. The molecule has 3 aromatic rings. The number of halogens is 2. The highest BCUT2D eigenvalue weighted by molar-refractivity contribution is 6.35. The number of amides is 1. The Labute approximate surface area is 185 Å². The summed E-state index contributed by atoms with van der Waals surface area (Å²) in [6.45, 7) is 2.34. The third-order valence-corrected chi connectivity index (χ3v) is 4.60. The largest absolute Gasteiger partial charge is 0.490 e. The molecule has 0 radical (unpaired) electrons. The maximum atomic E-state index is 12.6. The van der Waals surface area contributed by atoms with Gasteiger partial charge < -0.3 is 19.5 Å². The Bertz CT molecular complexity index is 982. The maximum absolute atomic E-state index is 12.6. The molecule has 0 bridgehead atoms. The van der Waals surface area contributed by atoms with Crippen LogP contribution in [0.5, 0.6) is 17.2 Å². The van der Waals surface area contributed by atoms with Gasteiger partial charge in [-0.15, -0.1) is 0 Å². The number of nitrogens with one attached hydrogen (secondary N) is 1. The molecule has 0 aliphatic rings. The number of ether oxygens (including phenoxy) is 3. The minimum atomic E-state index is -0.779. The van der Waals surface area contributed by atoms with E-state index in [1.165, 1.54) is 0 Å². The van der Waals surface area contributed by atoms with Crippen molar-refractivity contribution < 1.29 is 19.0 Å². The first kappa shape index (κ1) is 21.8. The summed E-state index contributed by atoms with van der Waals surface area (Å²) in [5.74, 6) is 1.36. The van der Waals surface area contributed by atoms with Crippen molar-refractivity contribution in [1.82, 2.24) is 0 Å². The van der Waals surface area contributed by atoms with Crippen LogP contribution in [0.1, 0.15) is 6.92 Å². The Kier molecular flexibility index (Phi) is 7.82. The number of hydrogen-bond acceptors (Lipinski definition) is 4. The van der Waals surface area contributed by atoms with E-state index in [-0.39, 0.29) is 5.91 Å². The minimum Gasteiger partial charge on any atom is -0.490 e. The van der Waals surface area contributed by atoms with Crippen molar-refractivity contribution in [2.24, 2.45) is 0 Å². The van der Waals surface area contributed by atoms with Crippen molar-refractivity contribution in [2.75, 3.05) is 18.5 Å². The van der Waals surface area contributed by atoms with Crippen molar-refractivity contribution in [2.45, 2.75) is 13.0 Å². The van der Waals surface area contributed by atoms with E-state index in [1.807, 2.05) is 42.5 Å². The second-order valence-corrected chi connectivity index (χ2v) is 7.17. The third kappa shape index (κ3) is 6.31. The number of para-hydroxylation sites is 3. The summed E-state index contributed by atoms with van der Waals surface area (Å²) < 4.78 is 17.1. The fraction of sp³-hybridized carbons (Fsp3) is 0.174. The topological polar surface area (TPSA) is 56.8 Å². The molecule has 0 saturated heterocycles. The molecule has 0 aliphatic carbocycles. The Balaban J connectivity index is 1.54. The molecule has 1 unspecified atom stereocenters. The van der Waals surface area contributed by atoms with E-state index in [0.29, 0.717) is 40.4 Å². The molecule has 0 heterocycles. The van der Waals surface area contributed by atoms with Crippen LogP contribution in [0.3, 0.4) is 0 Å². The third-order valence-electron chi connectivity index (χ3n) is 4.06. The molecule has 0 aliphatic heterocycles. The van der Waals surface area contributed by atoms with Gasteiger partial charge in [-0.25, -0.2) is 0 Å². The van der Waals surface area contributed by atoms with E-state index in [4.69, 9.17) is 37.4 Å². The zero-order valence-corrected chi connectivity index (χ0v) is 17.8. The van der Waals surface area contributed by atoms with E-state index in [2.05, 4.69) is 5.32 Å². The SMILES string of the molecule is CC(Oc1ccc(Cl)cc1Cl)C(=O)Nc1ccccc1OCCOc1ccccc1. The molecule has 0 aromatic heterocycles. The van der Waals surface area contributed by atoms with Gasteiger partial charge in [0, 0.05) is 5.02 Å². The molecule has 5 nitrogen and oxygen atoms in total. The number of rotatable bonds is 9. The zero-order valence-electron chi connectivity index (χ0n) is 16.3. The van der Waals surface area contributed by atoms with Gasteiger partial charge in [-0.2, -0.15) is 0 Å². The summed E-state index contributed by atoms with van der Waals surface area (Å²) in [5.41, 5.74) is 0.542. The van der Waals surface area contributed by atoms with Gasteiger partial charge in [0.05, 0.1) is 10.7 Å². The Morgan fingerprint density at radius 1 is 0.900 bits per heavy atom. The fourth-order valence-corrected chi connectivity index (χ4v) is 3.03. The highest BCUT2D eigenvalue weighted by atomic mass is 35.5. The van der Waals surface area contributed by atoms with Gasteiger partial charge in [-0.1, -0.05) is 53.5 Å². The lowest BCUT2D eigenvalue weighted by molar-refractivity contribution is -0.122. The Morgan fingerprint density at radius 2 is 1.60 bits per heavy atom. The van der Waals surface area contributed by atoms with Crippen molar-refractivity contribution in [3.8, 4) is 17.2 Å². The molecular formula is C23H21Cl2NO4. The van der Waals surface area contributed by atoms with Crippen LogP contribution in [-0.2, 0) is 4.79 Å². The fourth-order valence-electron chi connectivity index (χ4n) is 2.57. The lowest BCUT2D eigenvalue weighted by atomic mass is 10.2. The summed E-state index contributed by atoms with van der Waals surface area (Å²) >= 11 is 12.0. The smallest absolute Gasteiger partial charge is 0.265 e. The maximum Gasteiger partial charge on any atom is 0.265 e. The van der Waals surface area contributed by atoms with Gasteiger partial charge in [0.2, 0.25) is 0 Å². The lowest BCUT2D eigenvalue weighted by Crippen LogP contribution is -2.30. The van der Waals surface area contributed by atoms with Gasteiger partial charge in [0.25, 0.3) is 5.91 Å². The van der Waals surface area contributed by atoms with E-state index in [9.17, 15) is 4.79 Å². The molecule has 3 aromatic carbocycles. The van der Waals surface area contributed by atoms with Gasteiger partial charge >= 0.3 is 0 Å². The second-order valence-electron chi connectivity index (χ2n) is 6.33. The number of hydrogen-bond donors (Lipinski definition) is 1.